The van der Waals surface area contributed by atoms with Crippen molar-refractivity contribution in [1.82, 2.24) is 9.88 Å². The van der Waals surface area contributed by atoms with Crippen molar-refractivity contribution in [2.75, 3.05) is 13.2 Å². The highest BCUT2D eigenvalue weighted by atomic mass is 79.9. The molecule has 0 spiro atoms. The van der Waals surface area contributed by atoms with E-state index in [1.807, 2.05) is 45.9 Å². The highest BCUT2D eigenvalue weighted by Crippen LogP contribution is 2.35. The summed E-state index contributed by atoms with van der Waals surface area (Å²) < 4.78 is 5.56. The summed E-state index contributed by atoms with van der Waals surface area (Å²) in [6.45, 7) is 7.86. The van der Waals surface area contributed by atoms with Crippen LogP contribution in [-0.2, 0) is 23.2 Å². The SMILES string of the molecule is Br.CCc1ccc2c(n1)C(=N)N(CC(=O)c1cccc(C(C)(C)C)c1OCC(=O)O)C2. The van der Waals surface area contributed by atoms with Crippen LogP contribution in [0.1, 0.15) is 60.6 Å². The molecule has 7 nitrogen and oxygen atoms in total. The maximum Gasteiger partial charge on any atom is 0.341 e. The van der Waals surface area contributed by atoms with Gasteiger partial charge >= 0.3 is 5.97 Å². The quantitative estimate of drug-likeness (QED) is 0.569. The Kier molecular flexibility index (Phi) is 7.59. The number of amidine groups is 1. The number of carbonyl (C=O) groups excluding carboxylic acids is 1. The van der Waals surface area contributed by atoms with Gasteiger partial charge in [0.1, 0.15) is 17.3 Å². The number of pyridine rings is 1. The zero-order valence-corrected chi connectivity index (χ0v) is 19.9. The minimum atomic E-state index is -1.10. The average molecular weight is 490 g/mol. The lowest BCUT2D eigenvalue weighted by atomic mass is 9.84. The van der Waals surface area contributed by atoms with E-state index in [1.165, 1.54) is 0 Å². The van der Waals surface area contributed by atoms with Gasteiger partial charge in [0.05, 0.1) is 12.1 Å². The largest absolute Gasteiger partial charge is 0.481 e. The number of ether oxygens (including phenoxy) is 1. The summed E-state index contributed by atoms with van der Waals surface area (Å²) in [4.78, 5) is 30.5. The monoisotopic (exact) mass is 489 g/mol. The number of Topliss-reactive ketones (excluding diaryl/α,β-unsaturated/α-hetero) is 1. The molecule has 2 aromatic rings. The molecule has 0 saturated heterocycles. The number of hydrogen-bond donors (Lipinski definition) is 2. The minimum absolute atomic E-state index is 0. The second-order valence-electron chi connectivity index (χ2n) is 8.41. The number of nitrogens with zero attached hydrogens (tertiary/aromatic N) is 2. The Morgan fingerprint density at radius 1 is 1.23 bits per heavy atom. The Morgan fingerprint density at radius 2 is 1.94 bits per heavy atom. The molecule has 0 unspecified atom stereocenters. The molecule has 0 radical (unpaired) electrons. The molecule has 2 N–H and O–H groups in total. The van der Waals surface area contributed by atoms with E-state index in [2.05, 4.69) is 4.98 Å². The summed E-state index contributed by atoms with van der Waals surface area (Å²) in [7, 11) is 0. The number of ketones is 1. The number of aromatic nitrogens is 1. The third-order valence-corrected chi connectivity index (χ3v) is 5.10. The molecule has 1 aromatic heterocycles. The van der Waals surface area contributed by atoms with Gasteiger partial charge in [0.25, 0.3) is 0 Å². The molecular formula is C23H28BrN3O4. The Balaban J connectivity index is 0.00000341. The van der Waals surface area contributed by atoms with Crippen LogP contribution < -0.4 is 4.74 Å². The fraction of sp³-hybridized carbons (Fsp3) is 0.391. The second kappa shape index (κ2) is 9.60. The Labute approximate surface area is 192 Å². The van der Waals surface area contributed by atoms with Crippen LogP contribution >= 0.6 is 17.0 Å². The highest BCUT2D eigenvalue weighted by molar-refractivity contribution is 8.93. The van der Waals surface area contributed by atoms with Crippen molar-refractivity contribution < 1.29 is 19.4 Å². The first kappa shape index (κ1) is 24.5. The third-order valence-electron chi connectivity index (χ3n) is 5.10. The Morgan fingerprint density at radius 3 is 2.55 bits per heavy atom. The van der Waals surface area contributed by atoms with Crippen LogP contribution in [0.15, 0.2) is 30.3 Å². The van der Waals surface area contributed by atoms with Gasteiger partial charge in [0.2, 0.25) is 0 Å². The number of fused-ring (bicyclic) bond motifs is 1. The van der Waals surface area contributed by atoms with E-state index in [4.69, 9.17) is 15.3 Å². The van der Waals surface area contributed by atoms with Crippen LogP contribution in [0.2, 0.25) is 0 Å². The molecular weight excluding hydrogens is 462 g/mol. The standard InChI is InChI=1S/C23H27N3O4.BrH/c1-5-15-10-9-14-11-26(22(24)20(14)25-15)12-18(27)16-7-6-8-17(23(2,3)4)21(16)30-13-19(28)29;/h6-10,24H,5,11-13H2,1-4H3,(H,28,29);1H. The predicted molar refractivity (Wildman–Crippen MR) is 124 cm³/mol. The van der Waals surface area contributed by atoms with E-state index < -0.39 is 12.6 Å². The topological polar surface area (TPSA) is 104 Å². The molecule has 0 aliphatic carbocycles. The maximum atomic E-state index is 13.2. The van der Waals surface area contributed by atoms with E-state index >= 15 is 0 Å². The van der Waals surface area contributed by atoms with Crippen molar-refractivity contribution in [2.24, 2.45) is 0 Å². The summed E-state index contributed by atoms with van der Waals surface area (Å²) in [6, 6.07) is 9.18. The molecule has 8 heteroatoms. The lowest BCUT2D eigenvalue weighted by molar-refractivity contribution is -0.139. The van der Waals surface area contributed by atoms with Gasteiger partial charge in [0.15, 0.2) is 12.4 Å². The van der Waals surface area contributed by atoms with Gasteiger partial charge in [-0.15, -0.1) is 17.0 Å². The normalized spacial score (nSPS) is 12.9. The number of para-hydroxylation sites is 1. The number of aliphatic carboxylic acids is 1. The first-order valence-corrected chi connectivity index (χ1v) is 9.95. The summed E-state index contributed by atoms with van der Waals surface area (Å²) in [5.74, 6) is -0.804. The number of carboxylic acid groups (broad SMARTS) is 1. The summed E-state index contributed by atoms with van der Waals surface area (Å²) >= 11 is 0. The van der Waals surface area contributed by atoms with E-state index in [0.717, 1.165) is 23.2 Å². The van der Waals surface area contributed by atoms with E-state index in [1.54, 1.807) is 17.0 Å². The average Bonchev–Trinajstić information content (AvgIpc) is 3.00. The molecule has 0 atom stereocenters. The fourth-order valence-electron chi connectivity index (χ4n) is 3.52. The molecule has 0 amide bonds. The van der Waals surface area contributed by atoms with Gasteiger partial charge in [-0.1, -0.05) is 45.9 Å². The fourth-order valence-corrected chi connectivity index (χ4v) is 3.52. The molecule has 2 heterocycles. The molecule has 0 fully saturated rings. The number of carboxylic acids is 1. The van der Waals surface area contributed by atoms with Crippen LogP contribution in [0, 0.1) is 5.41 Å². The summed E-state index contributed by atoms with van der Waals surface area (Å²) in [5.41, 5.74) is 3.22. The predicted octanol–water partition coefficient (Wildman–Crippen LogP) is 4.01. The van der Waals surface area contributed by atoms with Crippen LogP contribution in [0.3, 0.4) is 0 Å². The molecule has 1 aliphatic heterocycles. The van der Waals surface area contributed by atoms with Crippen LogP contribution in [0.5, 0.6) is 5.75 Å². The first-order valence-electron chi connectivity index (χ1n) is 9.95. The van der Waals surface area contributed by atoms with Crippen molar-refractivity contribution in [2.45, 2.75) is 46.1 Å². The number of aryl methyl sites for hydroxylation is 1. The summed E-state index contributed by atoms with van der Waals surface area (Å²) in [5, 5.41) is 17.5. The Bertz CT molecular complexity index is 1010. The van der Waals surface area contributed by atoms with E-state index in [9.17, 15) is 9.59 Å². The van der Waals surface area contributed by atoms with Crippen molar-refractivity contribution in [3.05, 3.63) is 58.4 Å². The van der Waals surface area contributed by atoms with Gasteiger partial charge in [0, 0.05) is 23.4 Å². The lowest BCUT2D eigenvalue weighted by Gasteiger charge is -2.25. The van der Waals surface area contributed by atoms with Crippen LogP contribution in [-0.4, -0.2) is 45.7 Å². The maximum absolute atomic E-state index is 13.2. The van der Waals surface area contributed by atoms with Crippen molar-refractivity contribution in [1.29, 1.82) is 5.41 Å². The zero-order chi connectivity index (χ0) is 22.1. The first-order chi connectivity index (χ1) is 14.1. The minimum Gasteiger partial charge on any atom is -0.481 e. The molecule has 0 saturated carbocycles. The van der Waals surface area contributed by atoms with Gasteiger partial charge < -0.3 is 14.7 Å². The van der Waals surface area contributed by atoms with Crippen molar-refractivity contribution >= 4 is 34.6 Å². The molecule has 1 aromatic carbocycles. The van der Waals surface area contributed by atoms with Gasteiger partial charge in [-0.3, -0.25) is 10.2 Å². The van der Waals surface area contributed by atoms with Crippen LogP contribution in [0.4, 0.5) is 0 Å². The number of halogens is 1. The van der Waals surface area contributed by atoms with Gasteiger partial charge in [-0.2, -0.15) is 0 Å². The molecule has 31 heavy (non-hydrogen) atoms. The van der Waals surface area contributed by atoms with E-state index in [-0.39, 0.29) is 40.6 Å². The molecule has 0 bridgehead atoms. The second-order valence-corrected chi connectivity index (χ2v) is 8.41. The van der Waals surface area contributed by atoms with E-state index in [0.29, 0.717) is 23.6 Å². The molecule has 3 rings (SSSR count). The number of benzene rings is 1. The molecule has 166 valence electrons. The number of hydrogen-bond acceptors (Lipinski definition) is 5. The smallest absolute Gasteiger partial charge is 0.341 e. The van der Waals surface area contributed by atoms with Crippen molar-refractivity contribution in [3.8, 4) is 5.75 Å². The highest BCUT2D eigenvalue weighted by Gasteiger charge is 2.30. The van der Waals surface area contributed by atoms with Crippen LogP contribution in [0.25, 0.3) is 0 Å². The van der Waals surface area contributed by atoms with Gasteiger partial charge in [-0.25, -0.2) is 9.78 Å². The zero-order valence-electron chi connectivity index (χ0n) is 18.2. The number of carbonyl (C=O) groups is 2. The van der Waals surface area contributed by atoms with Crippen molar-refractivity contribution in [3.63, 3.8) is 0 Å². The Hall–Kier alpha value is -2.74. The molecule has 1 aliphatic rings. The number of rotatable bonds is 7. The summed E-state index contributed by atoms with van der Waals surface area (Å²) in [6.07, 6.45) is 0.781. The van der Waals surface area contributed by atoms with Gasteiger partial charge in [-0.05, 0) is 24.0 Å². The number of nitrogens with one attached hydrogen (secondary N) is 1. The third kappa shape index (κ3) is 5.31. The lowest BCUT2D eigenvalue weighted by Crippen LogP contribution is -2.31.